The monoisotopic (exact) mass is 282 g/mol. The molecule has 2 rings (SSSR count). The van der Waals surface area contributed by atoms with Crippen molar-refractivity contribution in [2.45, 2.75) is 13.8 Å². The molecule has 0 aliphatic rings. The molecule has 0 saturated heterocycles. The largest absolute Gasteiger partial charge is 0.502 e. The van der Waals surface area contributed by atoms with Gasteiger partial charge >= 0.3 is 5.63 Å². The summed E-state index contributed by atoms with van der Waals surface area (Å²) in [6.45, 7) is 2.84. The van der Waals surface area contributed by atoms with E-state index in [0.717, 1.165) is 0 Å². The number of phenols is 1. The van der Waals surface area contributed by atoms with Gasteiger partial charge in [0.15, 0.2) is 17.1 Å². The molecule has 1 N–H and O–H groups in total. The lowest BCUT2D eigenvalue weighted by Crippen LogP contribution is -2.07. The summed E-state index contributed by atoms with van der Waals surface area (Å²) < 4.78 is 10.1. The van der Waals surface area contributed by atoms with Crippen LogP contribution in [0.25, 0.3) is 11.0 Å². The van der Waals surface area contributed by atoms with E-state index in [1.165, 1.54) is 13.0 Å². The first-order valence-corrected chi connectivity index (χ1v) is 5.86. The van der Waals surface area contributed by atoms with Gasteiger partial charge < -0.3 is 14.3 Å². The number of carbonyl (C=O) groups excluding carboxylic acids is 1. The zero-order valence-electron chi connectivity index (χ0n) is 10.3. The van der Waals surface area contributed by atoms with Gasteiger partial charge in [-0.3, -0.25) is 4.79 Å². The maximum atomic E-state index is 11.5. The highest BCUT2D eigenvalue weighted by Crippen LogP contribution is 2.36. The van der Waals surface area contributed by atoms with E-state index in [0.29, 0.717) is 10.9 Å². The highest BCUT2D eigenvalue weighted by atomic mass is 35.5. The lowest BCUT2D eigenvalue weighted by Gasteiger charge is -2.09. The number of aryl methyl sites for hydroxylation is 1. The number of Topliss-reactive ketones (excluding diaryl/α,β-unsaturated/α-hetero) is 1. The zero-order chi connectivity index (χ0) is 14.2. The molecule has 6 heteroatoms. The van der Waals surface area contributed by atoms with Gasteiger partial charge in [0, 0.05) is 5.39 Å². The third-order valence-electron chi connectivity index (χ3n) is 2.63. The van der Waals surface area contributed by atoms with E-state index < -0.39 is 5.63 Å². The molecule has 2 aromatic rings. The summed E-state index contributed by atoms with van der Waals surface area (Å²) in [6.07, 6.45) is 0. The number of benzene rings is 1. The fraction of sp³-hybridized carbons (Fsp3) is 0.231. The van der Waals surface area contributed by atoms with Crippen LogP contribution >= 0.6 is 11.6 Å². The Labute approximate surface area is 113 Å². The number of halogens is 1. The standard InChI is InChI=1S/C13H11ClO5/c1-6(15)5-18-9-4-3-8-7(2)10(14)13(17)19-12(8)11(9)16/h3-4,16H,5H2,1-2H3. The normalized spacial score (nSPS) is 10.7. The maximum Gasteiger partial charge on any atom is 0.355 e. The predicted octanol–water partition coefficient (Wildman–Crippen LogP) is 2.43. The quantitative estimate of drug-likeness (QED) is 0.875. The second-order valence-electron chi connectivity index (χ2n) is 4.11. The number of phenolic OH excluding ortho intramolecular Hbond substituents is 1. The first-order valence-electron chi connectivity index (χ1n) is 5.49. The minimum Gasteiger partial charge on any atom is -0.502 e. The van der Waals surface area contributed by atoms with Crippen LogP contribution in [0.15, 0.2) is 21.3 Å². The summed E-state index contributed by atoms with van der Waals surface area (Å²) in [5, 5.41) is 10.5. The molecule has 1 aromatic carbocycles. The maximum absolute atomic E-state index is 11.5. The van der Waals surface area contributed by atoms with Gasteiger partial charge in [-0.1, -0.05) is 11.6 Å². The molecule has 19 heavy (non-hydrogen) atoms. The molecule has 1 heterocycles. The van der Waals surface area contributed by atoms with Crippen molar-refractivity contribution in [3.05, 3.63) is 33.1 Å². The second kappa shape index (κ2) is 4.93. The van der Waals surface area contributed by atoms with Crippen molar-refractivity contribution < 1.29 is 19.1 Å². The molecule has 1 aromatic heterocycles. The van der Waals surface area contributed by atoms with Crippen LogP contribution in [0.5, 0.6) is 11.5 Å². The number of fused-ring (bicyclic) bond motifs is 1. The number of carbonyl (C=O) groups is 1. The van der Waals surface area contributed by atoms with Crippen molar-refractivity contribution in [2.24, 2.45) is 0 Å². The van der Waals surface area contributed by atoms with Gasteiger partial charge in [0.1, 0.15) is 11.6 Å². The van der Waals surface area contributed by atoms with Crippen molar-refractivity contribution in [1.82, 2.24) is 0 Å². The molecule has 5 nitrogen and oxygen atoms in total. The second-order valence-corrected chi connectivity index (χ2v) is 4.49. The topological polar surface area (TPSA) is 76.7 Å². The van der Waals surface area contributed by atoms with E-state index in [1.54, 1.807) is 13.0 Å². The van der Waals surface area contributed by atoms with Crippen LogP contribution in [-0.4, -0.2) is 17.5 Å². The van der Waals surface area contributed by atoms with Crippen molar-refractivity contribution in [3.63, 3.8) is 0 Å². The van der Waals surface area contributed by atoms with Crippen LogP contribution in [0.1, 0.15) is 12.5 Å². The number of hydrogen-bond donors (Lipinski definition) is 1. The molecule has 0 radical (unpaired) electrons. The molecule has 0 bridgehead atoms. The van der Waals surface area contributed by atoms with E-state index in [-0.39, 0.29) is 34.5 Å². The van der Waals surface area contributed by atoms with Gasteiger partial charge in [-0.15, -0.1) is 0 Å². The number of rotatable bonds is 3. The Kier molecular flexibility index (Phi) is 3.48. The third-order valence-corrected chi connectivity index (χ3v) is 3.07. The fourth-order valence-corrected chi connectivity index (χ4v) is 1.80. The van der Waals surface area contributed by atoms with E-state index in [9.17, 15) is 14.7 Å². The molecule has 0 atom stereocenters. The van der Waals surface area contributed by atoms with Gasteiger partial charge in [0.05, 0.1) is 0 Å². The lowest BCUT2D eigenvalue weighted by atomic mass is 10.1. The Bertz CT molecular complexity index is 717. The average Bonchev–Trinajstić information content (AvgIpc) is 2.36. The van der Waals surface area contributed by atoms with Gasteiger partial charge in [-0.05, 0) is 31.5 Å². The van der Waals surface area contributed by atoms with Gasteiger partial charge in [-0.2, -0.15) is 0 Å². The van der Waals surface area contributed by atoms with E-state index in [4.69, 9.17) is 20.8 Å². The molecule has 0 saturated carbocycles. The number of hydrogen-bond acceptors (Lipinski definition) is 5. The summed E-state index contributed by atoms with van der Waals surface area (Å²) >= 11 is 5.79. The lowest BCUT2D eigenvalue weighted by molar-refractivity contribution is -0.118. The molecule has 0 spiro atoms. The summed E-state index contributed by atoms with van der Waals surface area (Å²) in [5.41, 5.74) is -0.222. The van der Waals surface area contributed by atoms with Crippen LogP contribution < -0.4 is 10.4 Å². The van der Waals surface area contributed by atoms with Crippen molar-refractivity contribution in [1.29, 1.82) is 0 Å². The van der Waals surface area contributed by atoms with Gasteiger partial charge in [0.25, 0.3) is 0 Å². The minimum atomic E-state index is -0.731. The van der Waals surface area contributed by atoms with Crippen LogP contribution in [0.4, 0.5) is 0 Å². The summed E-state index contributed by atoms with van der Waals surface area (Å²) in [4.78, 5) is 22.3. The van der Waals surface area contributed by atoms with E-state index in [2.05, 4.69) is 0 Å². The molecular formula is C13H11ClO5. The number of ether oxygens (including phenoxy) is 1. The first kappa shape index (κ1) is 13.4. The molecule has 0 amide bonds. The molecule has 0 fully saturated rings. The molecule has 0 aliphatic carbocycles. The Morgan fingerprint density at radius 3 is 2.79 bits per heavy atom. The first-order chi connectivity index (χ1) is 8.91. The van der Waals surface area contributed by atoms with Crippen LogP contribution in [0, 0.1) is 6.92 Å². The molecular weight excluding hydrogens is 272 g/mol. The average molecular weight is 283 g/mol. The van der Waals surface area contributed by atoms with Gasteiger partial charge in [0.2, 0.25) is 5.75 Å². The van der Waals surface area contributed by atoms with Crippen molar-refractivity contribution in [2.75, 3.05) is 6.61 Å². The fourth-order valence-electron chi connectivity index (χ4n) is 1.66. The van der Waals surface area contributed by atoms with Gasteiger partial charge in [-0.25, -0.2) is 4.79 Å². The Balaban J connectivity index is 2.62. The highest BCUT2D eigenvalue weighted by Gasteiger charge is 2.16. The summed E-state index contributed by atoms with van der Waals surface area (Å²) in [6, 6.07) is 3.10. The van der Waals surface area contributed by atoms with E-state index in [1.807, 2.05) is 0 Å². The van der Waals surface area contributed by atoms with Crippen LogP contribution in [-0.2, 0) is 4.79 Å². The Morgan fingerprint density at radius 1 is 1.47 bits per heavy atom. The Morgan fingerprint density at radius 2 is 2.16 bits per heavy atom. The number of aromatic hydroxyl groups is 1. The zero-order valence-corrected chi connectivity index (χ0v) is 11.1. The smallest absolute Gasteiger partial charge is 0.355 e. The van der Waals surface area contributed by atoms with Crippen molar-refractivity contribution >= 4 is 28.4 Å². The summed E-state index contributed by atoms with van der Waals surface area (Å²) in [5.74, 6) is -0.434. The number of ketones is 1. The Hall–Kier alpha value is -2.01. The van der Waals surface area contributed by atoms with Crippen molar-refractivity contribution in [3.8, 4) is 11.5 Å². The highest BCUT2D eigenvalue weighted by molar-refractivity contribution is 6.31. The minimum absolute atomic E-state index is 0.00653. The third kappa shape index (κ3) is 2.42. The molecule has 0 aliphatic heterocycles. The van der Waals surface area contributed by atoms with Crippen LogP contribution in [0.3, 0.4) is 0 Å². The SMILES string of the molecule is CC(=O)COc1ccc2c(C)c(Cl)c(=O)oc2c1O. The molecule has 0 unspecified atom stereocenters. The van der Waals surface area contributed by atoms with Crippen LogP contribution in [0.2, 0.25) is 5.02 Å². The van der Waals surface area contributed by atoms with E-state index >= 15 is 0 Å². The molecule has 100 valence electrons. The predicted molar refractivity (Wildman–Crippen MR) is 70.1 cm³/mol. The summed E-state index contributed by atoms with van der Waals surface area (Å²) in [7, 11) is 0.